The maximum atomic E-state index is 15.9. The summed E-state index contributed by atoms with van der Waals surface area (Å²) >= 11 is 0. The second-order valence-corrected chi connectivity index (χ2v) is 8.32. The number of alkyl halides is 1. The molecule has 2 aromatic rings. The average Bonchev–Trinajstić information content (AvgIpc) is 2.81. The number of carbonyl (C=O) groups is 1. The van der Waals surface area contributed by atoms with Gasteiger partial charge >= 0.3 is 5.97 Å². The summed E-state index contributed by atoms with van der Waals surface area (Å²) in [6.07, 6.45) is -5.47. The third kappa shape index (κ3) is 3.26. The number of phenolic OH excluding ortho intramolecular Hbond substituents is 5. The predicted octanol–water partition coefficient (Wildman–Crippen LogP) is 3.08. The lowest BCUT2D eigenvalue weighted by molar-refractivity contribution is -0.162. The second kappa shape index (κ2) is 8.29. The van der Waals surface area contributed by atoms with Gasteiger partial charge in [-0.05, 0) is 18.6 Å². The number of aromatic hydroxyl groups is 5. The highest BCUT2D eigenvalue weighted by atomic mass is 19.1. The Morgan fingerprint density at radius 1 is 1.03 bits per heavy atom. The first-order chi connectivity index (χ1) is 16.9. The van der Waals surface area contributed by atoms with Crippen LogP contribution in [0.2, 0.25) is 0 Å². The van der Waals surface area contributed by atoms with E-state index in [1.807, 2.05) is 0 Å². The molecule has 3 unspecified atom stereocenters. The fourth-order valence-corrected chi connectivity index (χ4v) is 4.72. The molecule has 0 spiro atoms. The van der Waals surface area contributed by atoms with Gasteiger partial charge in [0.25, 0.3) is 0 Å². The van der Waals surface area contributed by atoms with Crippen LogP contribution < -0.4 is 4.74 Å². The van der Waals surface area contributed by atoms with Gasteiger partial charge in [-0.2, -0.15) is 0 Å². The minimum atomic E-state index is -3.32. The molecule has 1 heterocycles. The van der Waals surface area contributed by atoms with Crippen LogP contribution in [0.15, 0.2) is 47.4 Å². The molecule has 0 saturated heterocycles. The van der Waals surface area contributed by atoms with Gasteiger partial charge < -0.3 is 50.3 Å². The van der Waals surface area contributed by atoms with Crippen molar-refractivity contribution in [1.82, 2.24) is 0 Å². The maximum Gasteiger partial charge on any atom is 0.320 e. The van der Waals surface area contributed by atoms with E-state index in [4.69, 9.17) is 9.47 Å². The molecule has 1 aliphatic carbocycles. The number of aliphatic hydroxyl groups excluding tert-OH is 2. The molecule has 13 heteroatoms. The number of carboxylic acid groups (broad SMARTS) is 1. The highest BCUT2D eigenvalue weighted by Crippen LogP contribution is 2.59. The monoisotopic (exact) mass is 510 g/mol. The van der Waals surface area contributed by atoms with Crippen molar-refractivity contribution in [2.45, 2.75) is 18.7 Å². The standard InChI is InChI=1S/C23H20F2O11/c1-35-19-16(31)17(32)20(24)23(21(19)25,22(33)34)10-6-9-11(27)4-8(26)5-14(9)36-18(10)7-2-12(28)15(30)13(29)3-7/h2-5,10,18,20,26-32H,6H2,1H3,(H,33,34)/t10?,18?,20?,23-/m1/s1. The van der Waals surface area contributed by atoms with E-state index in [1.54, 1.807) is 0 Å². The summed E-state index contributed by atoms with van der Waals surface area (Å²) in [5.41, 5.74) is -3.74. The molecule has 0 radical (unpaired) electrons. The summed E-state index contributed by atoms with van der Waals surface area (Å²) < 4.78 is 42.0. The Bertz CT molecular complexity index is 1310. The van der Waals surface area contributed by atoms with Crippen LogP contribution in [0.4, 0.5) is 8.78 Å². The van der Waals surface area contributed by atoms with Gasteiger partial charge in [-0.25, -0.2) is 8.78 Å². The topological polar surface area (TPSA) is 197 Å². The van der Waals surface area contributed by atoms with Crippen molar-refractivity contribution in [3.63, 3.8) is 0 Å². The Hall–Kier alpha value is -4.55. The van der Waals surface area contributed by atoms with Crippen molar-refractivity contribution >= 4 is 5.97 Å². The smallest absolute Gasteiger partial charge is 0.320 e. The van der Waals surface area contributed by atoms with Crippen molar-refractivity contribution < 1.29 is 63.9 Å². The first-order valence-corrected chi connectivity index (χ1v) is 10.3. The van der Waals surface area contributed by atoms with E-state index in [0.717, 1.165) is 31.4 Å². The molecule has 1 aliphatic heterocycles. The van der Waals surface area contributed by atoms with Gasteiger partial charge in [0.1, 0.15) is 23.4 Å². The van der Waals surface area contributed by atoms with Crippen molar-refractivity contribution in [2.75, 3.05) is 7.11 Å². The molecular formula is C23H20F2O11. The van der Waals surface area contributed by atoms with Crippen molar-refractivity contribution in [3.8, 4) is 34.5 Å². The molecule has 36 heavy (non-hydrogen) atoms. The summed E-state index contributed by atoms with van der Waals surface area (Å²) in [5, 5.41) is 80.4. The van der Waals surface area contributed by atoms with Gasteiger partial charge in [-0.1, -0.05) is 0 Å². The highest BCUT2D eigenvalue weighted by molar-refractivity contribution is 5.82. The van der Waals surface area contributed by atoms with Gasteiger partial charge in [0, 0.05) is 29.2 Å². The Morgan fingerprint density at radius 2 is 1.64 bits per heavy atom. The predicted molar refractivity (Wildman–Crippen MR) is 114 cm³/mol. The maximum absolute atomic E-state index is 15.9. The van der Waals surface area contributed by atoms with E-state index in [9.17, 15) is 45.6 Å². The molecule has 2 aliphatic rings. The molecule has 2 aromatic carbocycles. The average molecular weight is 510 g/mol. The number of methoxy groups -OCH3 is 1. The summed E-state index contributed by atoms with van der Waals surface area (Å²) in [7, 11) is 0.846. The molecule has 0 aromatic heterocycles. The number of phenols is 5. The largest absolute Gasteiger partial charge is 0.508 e. The molecule has 4 rings (SSSR count). The number of benzene rings is 2. The number of aliphatic hydroxyl groups is 2. The first kappa shape index (κ1) is 24.6. The number of allylic oxidation sites excluding steroid dienone is 1. The van der Waals surface area contributed by atoms with Crippen LogP contribution in [0, 0.1) is 11.3 Å². The van der Waals surface area contributed by atoms with Gasteiger partial charge in [0.05, 0.1) is 7.11 Å². The van der Waals surface area contributed by atoms with Crippen LogP contribution in [0.5, 0.6) is 34.5 Å². The molecule has 192 valence electrons. The van der Waals surface area contributed by atoms with Crippen molar-refractivity contribution in [3.05, 3.63) is 58.5 Å². The van der Waals surface area contributed by atoms with Crippen LogP contribution in [0.25, 0.3) is 0 Å². The Kier molecular flexibility index (Phi) is 5.66. The fraction of sp³-hybridized carbons (Fsp3) is 0.261. The number of hydrogen-bond donors (Lipinski definition) is 8. The van der Waals surface area contributed by atoms with E-state index in [-0.39, 0.29) is 16.9 Å². The summed E-state index contributed by atoms with van der Waals surface area (Å²) in [4.78, 5) is 12.6. The lowest BCUT2D eigenvalue weighted by Gasteiger charge is -2.46. The molecule has 4 atom stereocenters. The quantitative estimate of drug-likeness (QED) is 0.281. The minimum Gasteiger partial charge on any atom is -0.508 e. The normalized spacial score (nSPS) is 25.8. The third-order valence-electron chi connectivity index (χ3n) is 6.44. The van der Waals surface area contributed by atoms with Crippen LogP contribution in [-0.4, -0.2) is 60.1 Å². The number of carboxylic acids is 1. The zero-order valence-corrected chi connectivity index (χ0v) is 18.3. The summed E-state index contributed by atoms with van der Waals surface area (Å²) in [5.74, 6) is -13.9. The molecule has 0 fully saturated rings. The van der Waals surface area contributed by atoms with Gasteiger partial charge in [0.2, 0.25) is 5.76 Å². The summed E-state index contributed by atoms with van der Waals surface area (Å²) in [6, 6.07) is 3.61. The van der Waals surface area contributed by atoms with Crippen LogP contribution in [0.3, 0.4) is 0 Å². The van der Waals surface area contributed by atoms with Gasteiger partial charge in [-0.3, -0.25) is 4.79 Å². The minimum absolute atomic E-state index is 0.154. The van der Waals surface area contributed by atoms with Crippen molar-refractivity contribution in [1.29, 1.82) is 0 Å². The van der Waals surface area contributed by atoms with Gasteiger partial charge in [0.15, 0.2) is 46.2 Å². The SMILES string of the molecule is COC1=C(F)[C@@](C(=O)O)(C2Cc3c(O)cc(O)cc3OC2c2cc(O)c(O)c(O)c2)C(F)C(O)=C1O. The number of aliphatic carboxylic acids is 1. The number of rotatable bonds is 4. The van der Waals surface area contributed by atoms with E-state index >= 15 is 8.78 Å². The first-order valence-electron chi connectivity index (χ1n) is 10.3. The lowest BCUT2D eigenvalue weighted by atomic mass is 9.62. The molecule has 0 saturated carbocycles. The van der Waals surface area contributed by atoms with E-state index in [0.29, 0.717) is 0 Å². The van der Waals surface area contributed by atoms with E-state index in [1.165, 1.54) is 0 Å². The Morgan fingerprint density at radius 3 is 2.19 bits per heavy atom. The highest BCUT2D eigenvalue weighted by Gasteiger charge is 2.65. The van der Waals surface area contributed by atoms with Crippen LogP contribution >= 0.6 is 0 Å². The zero-order valence-electron chi connectivity index (χ0n) is 18.3. The third-order valence-corrected chi connectivity index (χ3v) is 6.44. The molecule has 8 N–H and O–H groups in total. The Labute approximate surface area is 200 Å². The van der Waals surface area contributed by atoms with Crippen molar-refractivity contribution in [2.24, 2.45) is 11.3 Å². The fourth-order valence-electron chi connectivity index (χ4n) is 4.72. The Balaban J connectivity index is 2.05. The zero-order chi connectivity index (χ0) is 26.7. The molecule has 11 nitrogen and oxygen atoms in total. The number of fused-ring (bicyclic) bond motifs is 1. The molecular weight excluding hydrogens is 490 g/mol. The molecule has 0 amide bonds. The summed E-state index contributed by atoms with van der Waals surface area (Å²) in [6.45, 7) is 0. The second-order valence-electron chi connectivity index (χ2n) is 8.32. The number of ether oxygens (including phenoxy) is 2. The lowest BCUT2D eigenvalue weighted by Crippen LogP contribution is -2.54. The number of hydrogen-bond acceptors (Lipinski definition) is 10. The van der Waals surface area contributed by atoms with E-state index < -0.39 is 87.9 Å². The van der Waals surface area contributed by atoms with Crippen LogP contribution in [-0.2, 0) is 16.0 Å². The molecule has 0 bridgehead atoms. The van der Waals surface area contributed by atoms with Crippen LogP contribution in [0.1, 0.15) is 17.2 Å². The van der Waals surface area contributed by atoms with Gasteiger partial charge in [-0.15, -0.1) is 0 Å². The number of halogens is 2. The van der Waals surface area contributed by atoms with E-state index in [2.05, 4.69) is 0 Å².